The zero-order valence-corrected chi connectivity index (χ0v) is 19.0. The van der Waals surface area contributed by atoms with E-state index in [0.717, 1.165) is 0 Å². The topological polar surface area (TPSA) is 0 Å². The normalized spacial score (nSPS) is 9.84. The molecule has 131 valence electrons. The van der Waals surface area contributed by atoms with Crippen molar-refractivity contribution >= 4 is 10.8 Å². The van der Waals surface area contributed by atoms with Gasteiger partial charge in [-0.05, 0) is 18.9 Å². The van der Waals surface area contributed by atoms with Gasteiger partial charge in [0.05, 0.1) is 0 Å². The molecule has 3 aromatic rings. The molecule has 0 saturated heterocycles. The minimum atomic E-state index is 0. The summed E-state index contributed by atoms with van der Waals surface area (Å²) in [6.07, 6.45) is 6.53. The number of fused-ring (bicyclic) bond motifs is 1. The fourth-order valence-electron chi connectivity index (χ4n) is 3.18. The third-order valence-corrected chi connectivity index (χ3v) is 4.49. The van der Waals surface area contributed by atoms with E-state index in [4.69, 9.17) is 0 Å². The Kier molecular flexibility index (Phi) is 11.8. The fraction of sp³-hybridized carbons (Fsp3) is 0.318. The van der Waals surface area contributed by atoms with Crippen LogP contribution in [0.25, 0.3) is 21.9 Å². The third kappa shape index (κ3) is 6.31. The van der Waals surface area contributed by atoms with Gasteiger partial charge in [0.25, 0.3) is 0 Å². The van der Waals surface area contributed by atoms with Gasteiger partial charge >= 0.3 is 26.2 Å². The zero-order chi connectivity index (χ0) is 15.4. The molecule has 0 heterocycles. The summed E-state index contributed by atoms with van der Waals surface area (Å²) >= 11 is 0. The second kappa shape index (κ2) is 12.0. The van der Waals surface area contributed by atoms with E-state index in [0.29, 0.717) is 0 Å². The summed E-state index contributed by atoms with van der Waals surface area (Å²) in [5.41, 5.74) is 5.48. The number of unbranched alkanes of at least 4 members (excludes halogenated alkanes) is 3. The number of rotatable bonds is 6. The first-order chi connectivity index (χ1) is 10.8. The molecule has 0 aliphatic heterocycles. The van der Waals surface area contributed by atoms with Crippen LogP contribution in [0.2, 0.25) is 0 Å². The van der Waals surface area contributed by atoms with Crippen molar-refractivity contribution in [2.24, 2.45) is 0 Å². The molecule has 0 amide bonds. The molecular formula is C22H25Cl2Zr. The Morgan fingerprint density at radius 3 is 2.28 bits per heavy atom. The van der Waals surface area contributed by atoms with Gasteiger partial charge in [-0.15, -0.1) is 34.5 Å². The molecule has 0 bridgehead atoms. The van der Waals surface area contributed by atoms with Crippen molar-refractivity contribution in [2.75, 3.05) is 0 Å². The molecule has 0 unspecified atom stereocenters. The average molecular weight is 452 g/mol. The summed E-state index contributed by atoms with van der Waals surface area (Å²) in [6, 6.07) is 20.3. The maximum atomic E-state index is 2.40. The van der Waals surface area contributed by atoms with E-state index in [2.05, 4.69) is 68.4 Å². The molecule has 25 heavy (non-hydrogen) atoms. The molecule has 0 aliphatic rings. The SMILES string of the molecule is CCCCCCc1cc2c(-c3ccc(C)cc3)cccc2[cH-]1.[Cl-].[Cl-].[Zr+3]. The molecule has 0 N–H and O–H groups in total. The molecule has 0 nitrogen and oxygen atoms in total. The molecule has 3 rings (SSSR count). The summed E-state index contributed by atoms with van der Waals surface area (Å²) < 4.78 is 0. The van der Waals surface area contributed by atoms with Gasteiger partial charge in [0.1, 0.15) is 0 Å². The van der Waals surface area contributed by atoms with Crippen LogP contribution in [0.5, 0.6) is 0 Å². The molecule has 0 fully saturated rings. The number of benzene rings is 2. The first-order valence-corrected chi connectivity index (χ1v) is 8.53. The molecule has 0 aliphatic carbocycles. The van der Waals surface area contributed by atoms with Crippen molar-refractivity contribution in [3.05, 3.63) is 65.7 Å². The summed E-state index contributed by atoms with van der Waals surface area (Å²) in [5.74, 6) is 0. The quantitative estimate of drug-likeness (QED) is 0.382. The minimum absolute atomic E-state index is 0. The molecule has 0 spiro atoms. The van der Waals surface area contributed by atoms with Gasteiger partial charge in [-0.3, -0.25) is 0 Å². The van der Waals surface area contributed by atoms with Crippen LogP contribution in [0.4, 0.5) is 0 Å². The van der Waals surface area contributed by atoms with Gasteiger partial charge in [-0.2, -0.15) is 6.07 Å². The first kappa shape index (κ1) is 24.5. The minimum Gasteiger partial charge on any atom is -1.00 e. The Labute approximate surface area is 183 Å². The van der Waals surface area contributed by atoms with Crippen LogP contribution in [-0.2, 0) is 32.6 Å². The van der Waals surface area contributed by atoms with Crippen LogP contribution in [-0.4, -0.2) is 0 Å². The second-order valence-corrected chi connectivity index (χ2v) is 6.35. The van der Waals surface area contributed by atoms with Gasteiger partial charge in [-0.25, -0.2) is 0 Å². The summed E-state index contributed by atoms with van der Waals surface area (Å²) in [7, 11) is 0. The predicted octanol–water partition coefficient (Wildman–Crippen LogP) is 0.662. The van der Waals surface area contributed by atoms with Gasteiger partial charge in [0.15, 0.2) is 0 Å². The molecule has 0 saturated carbocycles. The average Bonchev–Trinajstić information content (AvgIpc) is 2.95. The van der Waals surface area contributed by atoms with Gasteiger partial charge in [0.2, 0.25) is 0 Å². The first-order valence-electron chi connectivity index (χ1n) is 8.53. The smallest absolute Gasteiger partial charge is 1.00 e. The number of hydrogen-bond donors (Lipinski definition) is 0. The van der Waals surface area contributed by atoms with Crippen LogP contribution >= 0.6 is 0 Å². The number of aryl methyl sites for hydroxylation is 2. The Hall–Kier alpha value is -0.487. The van der Waals surface area contributed by atoms with E-state index in [1.165, 1.54) is 65.1 Å². The summed E-state index contributed by atoms with van der Waals surface area (Å²) in [6.45, 7) is 4.41. The molecule has 0 aromatic heterocycles. The molecule has 1 radical (unpaired) electrons. The molecule has 0 atom stereocenters. The van der Waals surface area contributed by atoms with Crippen LogP contribution < -0.4 is 24.8 Å². The maximum Gasteiger partial charge on any atom is 3.00 e. The van der Waals surface area contributed by atoms with Crippen molar-refractivity contribution < 1.29 is 51.0 Å². The molecular weight excluding hydrogens is 426 g/mol. The standard InChI is InChI=1S/C22H25.2ClH.Zr/c1-3-4-5-6-8-18-15-20-9-7-10-21(22(20)16-18)19-13-11-17(2)12-14-19;;;/h7,9-16H,3-6,8H2,1-2H3;2*1H;/q-1;;;+3/p-2. The Morgan fingerprint density at radius 2 is 1.60 bits per heavy atom. The van der Waals surface area contributed by atoms with E-state index >= 15 is 0 Å². The fourth-order valence-corrected chi connectivity index (χ4v) is 3.18. The van der Waals surface area contributed by atoms with Crippen molar-refractivity contribution in [3.8, 4) is 11.1 Å². The zero-order valence-electron chi connectivity index (χ0n) is 15.0. The van der Waals surface area contributed by atoms with Crippen molar-refractivity contribution in [1.82, 2.24) is 0 Å². The van der Waals surface area contributed by atoms with Crippen LogP contribution in [0.15, 0.2) is 54.6 Å². The second-order valence-electron chi connectivity index (χ2n) is 6.35. The van der Waals surface area contributed by atoms with E-state index in [1.807, 2.05) is 0 Å². The molecule has 3 aromatic carbocycles. The van der Waals surface area contributed by atoms with E-state index in [9.17, 15) is 0 Å². The van der Waals surface area contributed by atoms with Gasteiger partial charge in [0, 0.05) is 0 Å². The van der Waals surface area contributed by atoms with E-state index < -0.39 is 0 Å². The van der Waals surface area contributed by atoms with Crippen molar-refractivity contribution in [3.63, 3.8) is 0 Å². The van der Waals surface area contributed by atoms with Crippen LogP contribution in [0, 0.1) is 6.92 Å². The van der Waals surface area contributed by atoms with Crippen molar-refractivity contribution in [2.45, 2.75) is 46.0 Å². The number of hydrogen-bond acceptors (Lipinski definition) is 0. The third-order valence-electron chi connectivity index (χ3n) is 4.49. The Morgan fingerprint density at radius 1 is 0.880 bits per heavy atom. The van der Waals surface area contributed by atoms with E-state index in [-0.39, 0.29) is 51.0 Å². The number of halogens is 2. The van der Waals surface area contributed by atoms with Crippen molar-refractivity contribution in [1.29, 1.82) is 0 Å². The monoisotopic (exact) mass is 449 g/mol. The van der Waals surface area contributed by atoms with Gasteiger partial charge < -0.3 is 24.8 Å². The molecule has 3 heteroatoms. The summed E-state index contributed by atoms with van der Waals surface area (Å²) in [4.78, 5) is 0. The van der Waals surface area contributed by atoms with Crippen LogP contribution in [0.3, 0.4) is 0 Å². The van der Waals surface area contributed by atoms with E-state index in [1.54, 1.807) is 0 Å². The largest absolute Gasteiger partial charge is 3.00 e. The predicted molar refractivity (Wildman–Crippen MR) is 97.6 cm³/mol. The van der Waals surface area contributed by atoms with Crippen LogP contribution in [0.1, 0.15) is 43.7 Å². The van der Waals surface area contributed by atoms with Gasteiger partial charge in [-0.1, -0.05) is 74.1 Å². The summed E-state index contributed by atoms with van der Waals surface area (Å²) in [5, 5.41) is 2.78. The maximum absolute atomic E-state index is 2.40. The Bertz CT molecular complexity index is 744. The Balaban J connectivity index is 0.00000192.